The zero-order chi connectivity index (χ0) is 22.7. The fourth-order valence-corrected chi connectivity index (χ4v) is 4.01. The molecule has 3 aromatic rings. The molecule has 1 atom stereocenters. The van der Waals surface area contributed by atoms with Gasteiger partial charge in [0.05, 0.1) is 19.3 Å². The molecule has 0 spiro atoms. The number of morpholine rings is 1. The lowest BCUT2D eigenvalue weighted by Gasteiger charge is -2.36. The zero-order valence-electron chi connectivity index (χ0n) is 17.0. The molecular formula is C24H21ClF3NO3. The normalized spacial score (nSPS) is 17.3. The van der Waals surface area contributed by atoms with E-state index < -0.39 is 6.36 Å². The average Bonchev–Trinajstić information content (AvgIpc) is 2.76. The van der Waals surface area contributed by atoms with E-state index >= 15 is 0 Å². The Morgan fingerprint density at radius 1 is 1.03 bits per heavy atom. The van der Waals surface area contributed by atoms with Crippen molar-refractivity contribution in [3.05, 3.63) is 82.9 Å². The second kappa shape index (κ2) is 9.40. The largest absolute Gasteiger partial charge is 0.573 e. The maximum absolute atomic E-state index is 12.7. The summed E-state index contributed by atoms with van der Waals surface area (Å²) in [6.45, 7) is 2.30. The molecule has 0 amide bonds. The molecule has 0 aromatic heterocycles. The third kappa shape index (κ3) is 5.35. The summed E-state index contributed by atoms with van der Waals surface area (Å²) in [4.78, 5) is 2.25. The van der Waals surface area contributed by atoms with Crippen molar-refractivity contribution in [3.63, 3.8) is 0 Å². The van der Waals surface area contributed by atoms with Crippen LogP contribution < -0.4 is 4.74 Å². The van der Waals surface area contributed by atoms with Gasteiger partial charge >= 0.3 is 6.36 Å². The van der Waals surface area contributed by atoms with Gasteiger partial charge < -0.3 is 14.6 Å². The molecule has 0 saturated carbocycles. The van der Waals surface area contributed by atoms with Crippen molar-refractivity contribution in [2.75, 3.05) is 19.8 Å². The molecular weight excluding hydrogens is 443 g/mol. The van der Waals surface area contributed by atoms with Gasteiger partial charge in [-0.05, 0) is 47.0 Å². The minimum absolute atomic E-state index is 0.00238. The summed E-state index contributed by atoms with van der Waals surface area (Å²) in [7, 11) is 0. The van der Waals surface area contributed by atoms with Crippen LogP contribution in [0.1, 0.15) is 17.2 Å². The number of benzene rings is 3. The van der Waals surface area contributed by atoms with E-state index in [2.05, 4.69) is 9.64 Å². The van der Waals surface area contributed by atoms with Crippen LogP contribution in [0, 0.1) is 0 Å². The lowest BCUT2D eigenvalue weighted by atomic mass is 9.97. The van der Waals surface area contributed by atoms with Crippen LogP contribution in [0.2, 0.25) is 5.02 Å². The first-order chi connectivity index (χ1) is 15.3. The predicted molar refractivity (Wildman–Crippen MR) is 116 cm³/mol. The van der Waals surface area contributed by atoms with Crippen LogP contribution in [0.4, 0.5) is 13.2 Å². The van der Waals surface area contributed by atoms with Gasteiger partial charge in [0, 0.05) is 23.7 Å². The summed E-state index contributed by atoms with van der Waals surface area (Å²) in [6.07, 6.45) is -4.81. The molecule has 0 bridgehead atoms. The summed E-state index contributed by atoms with van der Waals surface area (Å²) in [5, 5.41) is 11.0. The van der Waals surface area contributed by atoms with Gasteiger partial charge in [0.15, 0.2) is 0 Å². The number of phenols is 1. The first-order valence-corrected chi connectivity index (χ1v) is 10.4. The number of phenolic OH excluding ortho intramolecular Hbond substituents is 1. The third-order valence-electron chi connectivity index (χ3n) is 5.38. The van der Waals surface area contributed by atoms with E-state index in [-0.39, 0.29) is 23.1 Å². The molecule has 1 N–H and O–H groups in total. The van der Waals surface area contributed by atoms with Gasteiger partial charge in [0.25, 0.3) is 0 Å². The van der Waals surface area contributed by atoms with Crippen molar-refractivity contribution in [1.82, 2.24) is 4.90 Å². The number of ether oxygens (including phenoxy) is 2. The Labute approximate surface area is 188 Å². The Balaban J connectivity index is 1.65. The highest BCUT2D eigenvalue weighted by Crippen LogP contribution is 2.37. The highest BCUT2D eigenvalue weighted by molar-refractivity contribution is 6.30. The molecule has 4 rings (SSSR count). The lowest BCUT2D eigenvalue weighted by molar-refractivity contribution is -0.274. The van der Waals surface area contributed by atoms with Crippen molar-refractivity contribution in [3.8, 4) is 22.6 Å². The summed E-state index contributed by atoms with van der Waals surface area (Å²) >= 11 is 6.02. The monoisotopic (exact) mass is 463 g/mol. The second-order valence-corrected chi connectivity index (χ2v) is 7.93. The number of alkyl halides is 3. The predicted octanol–water partition coefficient (Wildman–Crippen LogP) is 6.18. The van der Waals surface area contributed by atoms with Crippen LogP contribution in [-0.2, 0) is 11.3 Å². The highest BCUT2D eigenvalue weighted by atomic mass is 35.5. The number of rotatable bonds is 5. The molecule has 8 heteroatoms. The molecule has 0 radical (unpaired) electrons. The fourth-order valence-electron chi connectivity index (χ4n) is 3.89. The number of halogens is 4. The van der Waals surface area contributed by atoms with Gasteiger partial charge in [-0.1, -0.05) is 48.0 Å². The standard InChI is InChI=1S/C24H21ClF3NO3/c25-18-7-5-16(6-8-18)22-15-31-12-11-29(22)14-17-3-1-2-4-20(17)21-13-19(9-10-23(21)30)32-24(26,27)28/h1-10,13,22,30H,11-12,14-15H2/t22-/m1/s1. The lowest BCUT2D eigenvalue weighted by Crippen LogP contribution is -2.39. The van der Waals surface area contributed by atoms with Crippen LogP contribution in [0.3, 0.4) is 0 Å². The van der Waals surface area contributed by atoms with Gasteiger partial charge in [-0.25, -0.2) is 0 Å². The smallest absolute Gasteiger partial charge is 0.507 e. The number of nitrogens with zero attached hydrogens (tertiary/aromatic N) is 1. The molecule has 1 heterocycles. The van der Waals surface area contributed by atoms with Gasteiger partial charge in [-0.2, -0.15) is 0 Å². The van der Waals surface area contributed by atoms with Gasteiger partial charge in [0.1, 0.15) is 11.5 Å². The van der Waals surface area contributed by atoms with Crippen LogP contribution >= 0.6 is 11.6 Å². The highest BCUT2D eigenvalue weighted by Gasteiger charge is 2.31. The van der Waals surface area contributed by atoms with Crippen LogP contribution in [0.5, 0.6) is 11.5 Å². The van der Waals surface area contributed by atoms with Crippen molar-refractivity contribution in [1.29, 1.82) is 0 Å². The minimum atomic E-state index is -4.81. The maximum atomic E-state index is 12.7. The van der Waals surface area contributed by atoms with E-state index in [4.69, 9.17) is 16.3 Å². The first-order valence-electron chi connectivity index (χ1n) is 10.0. The summed E-state index contributed by atoms with van der Waals surface area (Å²) < 4.78 is 47.8. The molecule has 4 nitrogen and oxygen atoms in total. The summed E-state index contributed by atoms with van der Waals surface area (Å²) in [5.41, 5.74) is 2.85. The molecule has 0 unspecified atom stereocenters. The van der Waals surface area contributed by atoms with E-state index in [0.717, 1.165) is 17.2 Å². The molecule has 1 saturated heterocycles. The van der Waals surface area contributed by atoms with Crippen molar-refractivity contribution >= 4 is 11.6 Å². The Morgan fingerprint density at radius 3 is 2.53 bits per heavy atom. The topological polar surface area (TPSA) is 41.9 Å². The third-order valence-corrected chi connectivity index (χ3v) is 5.63. The molecule has 3 aromatic carbocycles. The first kappa shape index (κ1) is 22.5. The quantitative estimate of drug-likeness (QED) is 0.490. The van der Waals surface area contributed by atoms with Crippen molar-refractivity contribution in [2.45, 2.75) is 18.9 Å². The Bertz CT molecular complexity index is 1070. The van der Waals surface area contributed by atoms with Crippen LogP contribution in [-0.4, -0.2) is 36.1 Å². The van der Waals surface area contributed by atoms with Gasteiger partial charge in [-0.15, -0.1) is 13.2 Å². The van der Waals surface area contributed by atoms with E-state index in [1.54, 1.807) is 12.1 Å². The SMILES string of the molecule is Oc1ccc(OC(F)(F)F)cc1-c1ccccc1CN1CCOC[C@@H]1c1ccc(Cl)cc1. The fraction of sp³-hybridized carbons (Fsp3) is 0.250. The van der Waals surface area contributed by atoms with E-state index in [0.29, 0.717) is 36.9 Å². The van der Waals surface area contributed by atoms with E-state index in [1.807, 2.05) is 36.4 Å². The Kier molecular flexibility index (Phi) is 6.60. The Hall–Kier alpha value is -2.74. The minimum Gasteiger partial charge on any atom is -0.507 e. The summed E-state index contributed by atoms with van der Waals surface area (Å²) in [5.74, 6) is -0.506. The van der Waals surface area contributed by atoms with Gasteiger partial charge in [0.2, 0.25) is 0 Å². The Morgan fingerprint density at radius 2 is 1.78 bits per heavy atom. The molecule has 1 fully saturated rings. The maximum Gasteiger partial charge on any atom is 0.573 e. The van der Waals surface area contributed by atoms with Crippen molar-refractivity contribution < 1.29 is 27.8 Å². The summed E-state index contributed by atoms with van der Waals surface area (Å²) in [6, 6.07) is 18.4. The van der Waals surface area contributed by atoms with Gasteiger partial charge in [-0.3, -0.25) is 4.90 Å². The van der Waals surface area contributed by atoms with E-state index in [1.165, 1.54) is 12.1 Å². The van der Waals surface area contributed by atoms with E-state index in [9.17, 15) is 18.3 Å². The number of hydrogen-bond acceptors (Lipinski definition) is 4. The number of hydrogen-bond donors (Lipinski definition) is 1. The van der Waals surface area contributed by atoms with Crippen LogP contribution in [0.25, 0.3) is 11.1 Å². The number of aromatic hydroxyl groups is 1. The molecule has 32 heavy (non-hydrogen) atoms. The molecule has 1 aliphatic heterocycles. The molecule has 0 aliphatic carbocycles. The zero-order valence-corrected chi connectivity index (χ0v) is 17.7. The second-order valence-electron chi connectivity index (χ2n) is 7.50. The molecule has 168 valence electrons. The van der Waals surface area contributed by atoms with Crippen LogP contribution in [0.15, 0.2) is 66.7 Å². The van der Waals surface area contributed by atoms with Crippen molar-refractivity contribution in [2.24, 2.45) is 0 Å². The molecule has 1 aliphatic rings. The average molecular weight is 464 g/mol.